The number of rotatable bonds is 7. The molecule has 2 aromatic carbocycles. The summed E-state index contributed by atoms with van der Waals surface area (Å²) >= 11 is 6.41. The number of halogens is 3. The normalized spacial score (nSPS) is 14.5. The number of ether oxygens (including phenoxy) is 2. The van der Waals surface area contributed by atoms with E-state index in [1.807, 2.05) is 12.1 Å². The fourth-order valence-corrected chi connectivity index (χ4v) is 3.64. The van der Waals surface area contributed by atoms with E-state index in [-0.39, 0.29) is 24.8 Å². The van der Waals surface area contributed by atoms with Gasteiger partial charge in [0, 0.05) is 18.2 Å². The van der Waals surface area contributed by atoms with Crippen LogP contribution in [0.25, 0.3) is 0 Å². The van der Waals surface area contributed by atoms with Crippen LogP contribution >= 0.6 is 11.6 Å². The first-order chi connectivity index (χ1) is 12.7. The molecule has 0 amide bonds. The predicted octanol–water partition coefficient (Wildman–Crippen LogP) is 2.49. The molecule has 0 aromatic heterocycles. The SMILES string of the molecule is COc1cc(CNC2CCCCC2)cc(Cl)c1OCc1ccccc1F.[Cl-]. The third-order valence-corrected chi connectivity index (χ3v) is 5.10. The molecule has 1 aliphatic carbocycles. The lowest BCUT2D eigenvalue weighted by Crippen LogP contribution is -3.00. The van der Waals surface area contributed by atoms with Crippen molar-refractivity contribution in [1.82, 2.24) is 5.32 Å². The minimum absolute atomic E-state index is 0. The highest BCUT2D eigenvalue weighted by Crippen LogP contribution is 2.37. The van der Waals surface area contributed by atoms with Crippen molar-refractivity contribution in [2.24, 2.45) is 0 Å². The second-order valence-corrected chi connectivity index (χ2v) is 7.11. The van der Waals surface area contributed by atoms with Crippen molar-refractivity contribution in [3.05, 3.63) is 58.4 Å². The smallest absolute Gasteiger partial charge is 0.180 e. The van der Waals surface area contributed by atoms with Gasteiger partial charge in [-0.05, 0) is 36.6 Å². The van der Waals surface area contributed by atoms with E-state index in [9.17, 15) is 4.39 Å². The average Bonchev–Trinajstić information content (AvgIpc) is 2.67. The van der Waals surface area contributed by atoms with Crippen LogP contribution in [0.3, 0.4) is 0 Å². The minimum atomic E-state index is -0.295. The van der Waals surface area contributed by atoms with Crippen molar-refractivity contribution in [2.45, 2.75) is 51.3 Å². The average molecular weight is 413 g/mol. The molecule has 1 N–H and O–H groups in total. The number of nitrogens with one attached hydrogen (secondary N) is 1. The number of benzene rings is 2. The van der Waals surface area contributed by atoms with Gasteiger partial charge in [0.15, 0.2) is 11.5 Å². The first kappa shape index (κ1) is 21.8. The molecule has 0 saturated heterocycles. The molecule has 0 atom stereocenters. The van der Waals surface area contributed by atoms with Gasteiger partial charge in [-0.3, -0.25) is 0 Å². The van der Waals surface area contributed by atoms with Gasteiger partial charge in [-0.1, -0.05) is 49.1 Å². The summed E-state index contributed by atoms with van der Waals surface area (Å²) in [5.41, 5.74) is 1.53. The lowest BCUT2D eigenvalue weighted by Gasteiger charge is -2.23. The molecule has 6 heteroatoms. The van der Waals surface area contributed by atoms with Gasteiger partial charge < -0.3 is 27.2 Å². The Bertz CT molecular complexity index is 736. The second kappa shape index (κ2) is 10.7. The van der Waals surface area contributed by atoms with E-state index in [4.69, 9.17) is 21.1 Å². The van der Waals surface area contributed by atoms with Gasteiger partial charge in [-0.2, -0.15) is 0 Å². The highest BCUT2D eigenvalue weighted by atomic mass is 35.5. The van der Waals surface area contributed by atoms with Crippen LogP contribution in [0.5, 0.6) is 11.5 Å². The largest absolute Gasteiger partial charge is 1.00 e. The molecular formula is C21H25Cl2FNO2-. The Balaban J connectivity index is 0.00000261. The molecular weight excluding hydrogens is 388 g/mol. The van der Waals surface area contributed by atoms with E-state index in [1.54, 1.807) is 25.3 Å². The molecule has 0 bridgehead atoms. The van der Waals surface area contributed by atoms with Crippen molar-refractivity contribution >= 4 is 11.6 Å². The highest BCUT2D eigenvalue weighted by Gasteiger charge is 2.16. The monoisotopic (exact) mass is 412 g/mol. The topological polar surface area (TPSA) is 30.5 Å². The molecule has 1 aliphatic rings. The molecule has 1 saturated carbocycles. The summed E-state index contributed by atoms with van der Waals surface area (Å²) in [7, 11) is 1.58. The quantitative estimate of drug-likeness (QED) is 0.757. The third kappa shape index (κ3) is 6.00. The van der Waals surface area contributed by atoms with Gasteiger partial charge in [0.25, 0.3) is 0 Å². The van der Waals surface area contributed by atoms with Gasteiger partial charge >= 0.3 is 0 Å². The first-order valence-corrected chi connectivity index (χ1v) is 9.51. The maximum atomic E-state index is 13.8. The standard InChI is InChI=1S/C21H25ClFNO2.ClH/c1-25-20-12-15(13-24-17-8-3-2-4-9-17)11-18(22)21(20)26-14-16-7-5-6-10-19(16)23;/h5-7,10-12,17,24H,2-4,8-9,13-14H2,1H3;1H/p-1. The Morgan fingerprint density at radius 3 is 2.59 bits per heavy atom. The molecule has 148 valence electrons. The molecule has 3 rings (SSSR count). The van der Waals surface area contributed by atoms with E-state index in [0.29, 0.717) is 28.1 Å². The van der Waals surface area contributed by atoms with Crippen LogP contribution in [-0.4, -0.2) is 13.2 Å². The van der Waals surface area contributed by atoms with Crippen molar-refractivity contribution in [3.8, 4) is 11.5 Å². The minimum Gasteiger partial charge on any atom is -1.00 e. The molecule has 0 spiro atoms. The van der Waals surface area contributed by atoms with Crippen LogP contribution in [0.4, 0.5) is 4.39 Å². The molecule has 0 unspecified atom stereocenters. The predicted molar refractivity (Wildman–Crippen MR) is 102 cm³/mol. The fourth-order valence-electron chi connectivity index (χ4n) is 3.35. The lowest BCUT2D eigenvalue weighted by atomic mass is 9.95. The van der Waals surface area contributed by atoms with Crippen molar-refractivity contribution in [2.75, 3.05) is 7.11 Å². The first-order valence-electron chi connectivity index (χ1n) is 9.13. The summed E-state index contributed by atoms with van der Waals surface area (Å²) in [6.07, 6.45) is 6.39. The van der Waals surface area contributed by atoms with E-state index in [0.717, 1.165) is 12.1 Å². The molecule has 0 aliphatic heterocycles. The second-order valence-electron chi connectivity index (χ2n) is 6.70. The molecule has 0 heterocycles. The molecule has 0 radical (unpaired) electrons. The van der Waals surface area contributed by atoms with Crippen LogP contribution in [0.1, 0.15) is 43.2 Å². The third-order valence-electron chi connectivity index (χ3n) is 4.82. The zero-order chi connectivity index (χ0) is 18.4. The Kier molecular flexibility index (Phi) is 8.68. The van der Waals surface area contributed by atoms with E-state index in [2.05, 4.69) is 5.32 Å². The van der Waals surface area contributed by atoms with Crippen LogP contribution in [0, 0.1) is 5.82 Å². The number of hydrogen-bond acceptors (Lipinski definition) is 3. The molecule has 27 heavy (non-hydrogen) atoms. The van der Waals surface area contributed by atoms with E-state index >= 15 is 0 Å². The lowest BCUT2D eigenvalue weighted by molar-refractivity contribution is -0.00000648. The Labute approximate surface area is 171 Å². The summed E-state index contributed by atoms with van der Waals surface area (Å²) in [5, 5.41) is 4.07. The summed E-state index contributed by atoms with van der Waals surface area (Å²) < 4.78 is 25.0. The van der Waals surface area contributed by atoms with Gasteiger partial charge in [0.05, 0.1) is 12.1 Å². The van der Waals surface area contributed by atoms with Crippen molar-refractivity contribution in [3.63, 3.8) is 0 Å². The summed E-state index contributed by atoms with van der Waals surface area (Å²) in [4.78, 5) is 0. The Hall–Kier alpha value is -1.49. The number of hydrogen-bond donors (Lipinski definition) is 1. The van der Waals surface area contributed by atoms with Crippen LogP contribution in [0.15, 0.2) is 36.4 Å². The van der Waals surface area contributed by atoms with Crippen LogP contribution < -0.4 is 27.2 Å². The fraction of sp³-hybridized carbons (Fsp3) is 0.429. The summed E-state index contributed by atoms with van der Waals surface area (Å²) in [6.45, 7) is 0.844. The van der Waals surface area contributed by atoms with Crippen molar-refractivity contribution < 1.29 is 26.3 Å². The van der Waals surface area contributed by atoms with Gasteiger partial charge in [0.1, 0.15) is 12.4 Å². The number of methoxy groups -OCH3 is 1. The molecule has 1 fully saturated rings. The van der Waals surface area contributed by atoms with Gasteiger partial charge in [-0.25, -0.2) is 4.39 Å². The van der Waals surface area contributed by atoms with E-state index < -0.39 is 0 Å². The van der Waals surface area contributed by atoms with E-state index in [1.165, 1.54) is 38.2 Å². The maximum absolute atomic E-state index is 13.8. The van der Waals surface area contributed by atoms with Gasteiger partial charge in [-0.15, -0.1) is 0 Å². The van der Waals surface area contributed by atoms with Gasteiger partial charge in [0.2, 0.25) is 0 Å². The molecule has 3 nitrogen and oxygen atoms in total. The van der Waals surface area contributed by atoms with Crippen molar-refractivity contribution in [1.29, 1.82) is 0 Å². The zero-order valence-corrected chi connectivity index (χ0v) is 17.0. The molecule has 2 aromatic rings. The summed E-state index contributed by atoms with van der Waals surface area (Å²) in [6, 6.07) is 10.9. The Morgan fingerprint density at radius 2 is 1.89 bits per heavy atom. The van der Waals surface area contributed by atoms with Crippen LogP contribution in [-0.2, 0) is 13.2 Å². The zero-order valence-electron chi connectivity index (χ0n) is 15.4. The Morgan fingerprint density at radius 1 is 1.15 bits per heavy atom. The maximum Gasteiger partial charge on any atom is 0.180 e. The van der Waals surface area contributed by atoms with Crippen LogP contribution in [0.2, 0.25) is 5.02 Å². The summed E-state index contributed by atoms with van der Waals surface area (Å²) in [5.74, 6) is 0.712. The highest BCUT2D eigenvalue weighted by molar-refractivity contribution is 6.32.